The van der Waals surface area contributed by atoms with Gasteiger partial charge in [-0.3, -0.25) is 4.79 Å². The van der Waals surface area contributed by atoms with Crippen molar-refractivity contribution in [3.63, 3.8) is 0 Å². The Hall–Kier alpha value is -4.21. The van der Waals surface area contributed by atoms with Gasteiger partial charge in [0.2, 0.25) is 5.88 Å². The Morgan fingerprint density at radius 3 is 2.63 bits per heavy atom. The lowest BCUT2D eigenvalue weighted by molar-refractivity contribution is -0.136. The van der Waals surface area contributed by atoms with Crippen molar-refractivity contribution in [3.8, 4) is 17.1 Å². The third-order valence-corrected chi connectivity index (χ3v) is 5.81. The van der Waals surface area contributed by atoms with Crippen LogP contribution in [-0.2, 0) is 15.7 Å². The first-order chi connectivity index (χ1) is 18.0. The maximum atomic E-state index is 14.6. The molecule has 3 aromatic heterocycles. The predicted molar refractivity (Wildman–Crippen MR) is 123 cm³/mol. The number of ether oxygens (including phenoxy) is 3. The highest BCUT2D eigenvalue weighted by Gasteiger charge is 2.39. The SMILES string of the molecule is COCCOC(=O)N1C[C@H](F)[C@H](NC(=O)c2cc(-c3cc(C(F)(F)F)c4c(N)ncnn34)cnc2OC)C1. The number of hydrogen-bond donors (Lipinski definition) is 2. The summed E-state index contributed by atoms with van der Waals surface area (Å²) in [4.78, 5) is 34.0. The second-order valence-electron chi connectivity index (χ2n) is 8.24. The van der Waals surface area contributed by atoms with Crippen LogP contribution >= 0.6 is 0 Å². The molecule has 0 radical (unpaired) electrons. The molecule has 0 unspecified atom stereocenters. The van der Waals surface area contributed by atoms with Gasteiger partial charge in [0.05, 0.1) is 37.6 Å². The van der Waals surface area contributed by atoms with E-state index >= 15 is 0 Å². The minimum absolute atomic E-state index is 0.0173. The number of nitrogens with one attached hydrogen (secondary N) is 1. The molecule has 1 aliphatic heterocycles. The minimum atomic E-state index is -4.77. The molecule has 0 saturated carbocycles. The van der Waals surface area contributed by atoms with Gasteiger partial charge in [-0.2, -0.15) is 18.3 Å². The number of likely N-dealkylation sites (tertiary alicyclic amines) is 1. The van der Waals surface area contributed by atoms with Crippen LogP contribution in [0.25, 0.3) is 16.8 Å². The molecule has 2 atom stereocenters. The number of rotatable bonds is 7. The highest BCUT2D eigenvalue weighted by molar-refractivity contribution is 5.98. The topological polar surface area (TPSA) is 146 Å². The number of nitrogens with two attached hydrogens (primary N) is 1. The maximum Gasteiger partial charge on any atom is 0.418 e. The zero-order chi connectivity index (χ0) is 27.6. The number of nitrogen functional groups attached to an aromatic ring is 1. The number of carbonyl (C=O) groups excluding carboxylic acids is 2. The fourth-order valence-corrected chi connectivity index (χ4v) is 4.01. The summed E-state index contributed by atoms with van der Waals surface area (Å²) in [5.41, 5.74) is 3.99. The van der Waals surface area contributed by atoms with Crippen LogP contribution in [0.5, 0.6) is 5.88 Å². The van der Waals surface area contributed by atoms with Gasteiger partial charge in [0, 0.05) is 25.4 Å². The van der Waals surface area contributed by atoms with E-state index in [9.17, 15) is 27.2 Å². The number of methoxy groups -OCH3 is 2. The van der Waals surface area contributed by atoms with Crippen molar-refractivity contribution in [1.82, 2.24) is 29.8 Å². The van der Waals surface area contributed by atoms with Gasteiger partial charge < -0.3 is 30.2 Å². The summed E-state index contributed by atoms with van der Waals surface area (Å²) in [7, 11) is 2.68. The molecule has 4 heterocycles. The Bertz CT molecular complexity index is 1350. The molecule has 0 aliphatic carbocycles. The van der Waals surface area contributed by atoms with E-state index in [0.717, 1.165) is 21.8 Å². The van der Waals surface area contributed by atoms with Crippen molar-refractivity contribution in [2.75, 3.05) is 46.3 Å². The van der Waals surface area contributed by atoms with Crippen LogP contribution in [0.2, 0.25) is 0 Å². The van der Waals surface area contributed by atoms with Crippen molar-refractivity contribution in [2.24, 2.45) is 0 Å². The first kappa shape index (κ1) is 26.8. The van der Waals surface area contributed by atoms with Crippen LogP contribution in [0.1, 0.15) is 15.9 Å². The number of carbonyl (C=O) groups is 2. The number of hydrogen-bond acceptors (Lipinski definition) is 9. The molecule has 0 spiro atoms. The van der Waals surface area contributed by atoms with Gasteiger partial charge in [0.1, 0.15) is 30.2 Å². The van der Waals surface area contributed by atoms with E-state index in [1.54, 1.807) is 0 Å². The lowest BCUT2D eigenvalue weighted by atomic mass is 10.1. The Balaban J connectivity index is 1.62. The highest BCUT2D eigenvalue weighted by Crippen LogP contribution is 2.39. The summed E-state index contributed by atoms with van der Waals surface area (Å²) in [5, 5.41) is 6.36. The van der Waals surface area contributed by atoms with E-state index in [4.69, 9.17) is 19.9 Å². The third kappa shape index (κ3) is 5.25. The van der Waals surface area contributed by atoms with E-state index in [-0.39, 0.29) is 49.0 Å². The van der Waals surface area contributed by atoms with Gasteiger partial charge in [0.15, 0.2) is 5.82 Å². The number of pyridine rings is 1. The Kier molecular flexibility index (Phi) is 7.52. The van der Waals surface area contributed by atoms with E-state index in [0.29, 0.717) is 0 Å². The number of halogens is 4. The normalized spacial score (nSPS) is 17.6. The molecule has 1 aliphatic rings. The van der Waals surface area contributed by atoms with Gasteiger partial charge in [-0.25, -0.2) is 23.7 Å². The highest BCUT2D eigenvalue weighted by atomic mass is 19.4. The Morgan fingerprint density at radius 2 is 1.95 bits per heavy atom. The lowest BCUT2D eigenvalue weighted by Crippen LogP contribution is -2.42. The number of fused-ring (bicyclic) bond motifs is 1. The summed E-state index contributed by atoms with van der Waals surface area (Å²) in [6.45, 7) is -0.315. The van der Waals surface area contributed by atoms with Gasteiger partial charge in [0.25, 0.3) is 5.91 Å². The Labute approximate surface area is 212 Å². The molecule has 12 nitrogen and oxygen atoms in total. The van der Waals surface area contributed by atoms with E-state index in [1.165, 1.54) is 26.5 Å². The summed E-state index contributed by atoms with van der Waals surface area (Å²) in [6, 6.07) is 0.970. The molecule has 4 rings (SSSR count). The molecule has 0 aromatic carbocycles. The molecular formula is C22H23F4N7O5. The lowest BCUT2D eigenvalue weighted by Gasteiger charge is -2.17. The van der Waals surface area contributed by atoms with E-state index < -0.39 is 47.3 Å². The number of nitrogens with zero attached hydrogens (tertiary/aromatic N) is 5. The third-order valence-electron chi connectivity index (χ3n) is 5.81. The average molecular weight is 541 g/mol. The number of amides is 2. The Morgan fingerprint density at radius 1 is 1.18 bits per heavy atom. The quantitative estimate of drug-likeness (QED) is 0.338. The molecule has 2 amide bonds. The van der Waals surface area contributed by atoms with E-state index in [2.05, 4.69) is 20.4 Å². The largest absolute Gasteiger partial charge is 0.480 e. The van der Waals surface area contributed by atoms with Crippen molar-refractivity contribution >= 4 is 23.3 Å². The van der Waals surface area contributed by atoms with Gasteiger partial charge in [-0.1, -0.05) is 0 Å². The monoisotopic (exact) mass is 541 g/mol. The van der Waals surface area contributed by atoms with Crippen molar-refractivity contribution in [3.05, 3.63) is 35.8 Å². The molecule has 3 N–H and O–H groups in total. The second kappa shape index (κ2) is 10.6. The average Bonchev–Trinajstić information content (AvgIpc) is 3.45. The van der Waals surface area contributed by atoms with Crippen LogP contribution in [-0.4, -0.2) is 89.2 Å². The van der Waals surface area contributed by atoms with Gasteiger partial charge >= 0.3 is 12.3 Å². The van der Waals surface area contributed by atoms with Crippen LogP contribution in [0.15, 0.2) is 24.7 Å². The molecule has 0 bridgehead atoms. The zero-order valence-corrected chi connectivity index (χ0v) is 20.2. The van der Waals surface area contributed by atoms with E-state index in [1.807, 2.05) is 0 Å². The first-order valence-corrected chi connectivity index (χ1v) is 11.1. The van der Waals surface area contributed by atoms with Gasteiger partial charge in [-0.05, 0) is 12.1 Å². The molecule has 204 valence electrons. The van der Waals surface area contributed by atoms with Crippen molar-refractivity contribution in [2.45, 2.75) is 18.4 Å². The second-order valence-corrected chi connectivity index (χ2v) is 8.24. The van der Waals surface area contributed by atoms with Crippen molar-refractivity contribution < 1.29 is 41.4 Å². The zero-order valence-electron chi connectivity index (χ0n) is 20.2. The molecule has 1 saturated heterocycles. The smallest absolute Gasteiger partial charge is 0.418 e. The minimum Gasteiger partial charge on any atom is -0.480 e. The molecule has 38 heavy (non-hydrogen) atoms. The maximum absolute atomic E-state index is 14.6. The summed E-state index contributed by atoms with van der Waals surface area (Å²) < 4.78 is 71.6. The van der Waals surface area contributed by atoms with Crippen LogP contribution in [0, 0.1) is 0 Å². The summed E-state index contributed by atoms with van der Waals surface area (Å²) in [5.74, 6) is -1.36. The molecular weight excluding hydrogens is 518 g/mol. The van der Waals surface area contributed by atoms with Crippen LogP contribution in [0.3, 0.4) is 0 Å². The number of alkyl halides is 4. The predicted octanol–water partition coefficient (Wildman–Crippen LogP) is 1.94. The van der Waals surface area contributed by atoms with Gasteiger partial charge in [-0.15, -0.1) is 0 Å². The van der Waals surface area contributed by atoms with Crippen LogP contribution in [0.4, 0.5) is 28.2 Å². The summed E-state index contributed by atoms with van der Waals surface area (Å²) >= 11 is 0. The standard InChI is InChI=1S/C22H23F4N7O5/c1-36-3-4-38-21(35)32-8-14(23)15(9-32)31-19(34)12-5-11(7-28-20(12)37-2)16-6-13(22(24,25)26)17-18(27)29-10-30-33(16)17/h5-7,10,14-15H,3-4,8-9H2,1-2H3,(H,31,34)(H2,27,29,30)/t14-,15+/m0/s1. The fraction of sp³-hybridized carbons (Fsp3) is 0.409. The summed E-state index contributed by atoms with van der Waals surface area (Å²) in [6.07, 6.45) is -4.94. The fourth-order valence-electron chi connectivity index (χ4n) is 4.01. The van der Waals surface area contributed by atoms with Crippen molar-refractivity contribution in [1.29, 1.82) is 0 Å². The number of anilines is 1. The molecule has 16 heteroatoms. The number of aromatic nitrogens is 4. The molecule has 1 fully saturated rings. The first-order valence-electron chi connectivity index (χ1n) is 11.1. The molecule has 3 aromatic rings. The van der Waals surface area contributed by atoms with Crippen LogP contribution < -0.4 is 15.8 Å².